The van der Waals surface area contributed by atoms with Gasteiger partial charge in [-0.2, -0.15) is 0 Å². The van der Waals surface area contributed by atoms with Gasteiger partial charge in [0.25, 0.3) is 0 Å². The highest BCUT2D eigenvalue weighted by molar-refractivity contribution is 6.00. The van der Waals surface area contributed by atoms with Crippen LogP contribution >= 0.6 is 0 Å². The van der Waals surface area contributed by atoms with Crippen molar-refractivity contribution in [1.29, 1.82) is 0 Å². The number of allylic oxidation sites excluding steroid dienone is 1. The lowest BCUT2D eigenvalue weighted by Crippen LogP contribution is -2.43. The van der Waals surface area contributed by atoms with E-state index in [1.807, 2.05) is 0 Å². The van der Waals surface area contributed by atoms with Gasteiger partial charge in [-0.05, 0) is 30.5 Å². The molecule has 0 unspecified atom stereocenters. The van der Waals surface area contributed by atoms with Gasteiger partial charge in [-0.15, -0.1) is 0 Å². The van der Waals surface area contributed by atoms with Crippen LogP contribution in [0.5, 0.6) is 5.75 Å². The molecule has 0 amide bonds. The van der Waals surface area contributed by atoms with Crippen molar-refractivity contribution >= 4 is 17.9 Å². The molecule has 0 aliphatic rings. The molecular weight excluding hydrogens is 340 g/mol. The fraction of sp³-hybridized carbons (Fsp3) is 0.421. The average molecular weight is 364 g/mol. The molecule has 0 radical (unpaired) electrons. The number of methoxy groups -OCH3 is 3. The lowest BCUT2D eigenvalue weighted by Gasteiger charge is -2.27. The van der Waals surface area contributed by atoms with Crippen molar-refractivity contribution < 1.29 is 33.3 Å². The van der Waals surface area contributed by atoms with Crippen molar-refractivity contribution in [3.8, 4) is 5.75 Å². The Hall–Kier alpha value is -2.83. The third-order valence-corrected chi connectivity index (χ3v) is 3.83. The smallest absolute Gasteiger partial charge is 0.323 e. The van der Waals surface area contributed by atoms with Crippen LogP contribution in [0.4, 0.5) is 0 Å². The van der Waals surface area contributed by atoms with E-state index in [1.165, 1.54) is 21.1 Å². The molecule has 7 nitrogen and oxygen atoms in total. The number of hydrogen-bond donors (Lipinski definition) is 0. The van der Waals surface area contributed by atoms with Crippen molar-refractivity contribution in [3.05, 3.63) is 42.0 Å². The number of carbonyl (C=O) groups is 3. The predicted octanol–water partition coefficient (Wildman–Crippen LogP) is 2.08. The molecule has 0 bridgehead atoms. The minimum Gasteiger partial charge on any atom is -0.497 e. The van der Waals surface area contributed by atoms with E-state index < -0.39 is 23.3 Å². The molecule has 1 aromatic rings. The van der Waals surface area contributed by atoms with Crippen LogP contribution in [0.15, 0.2) is 36.4 Å². The van der Waals surface area contributed by atoms with Crippen molar-refractivity contribution in [1.82, 2.24) is 0 Å². The Kier molecular flexibility index (Phi) is 8.34. The van der Waals surface area contributed by atoms with Gasteiger partial charge in [0.2, 0.25) is 0 Å². The Balaban J connectivity index is 3.09. The molecule has 0 heterocycles. The first-order chi connectivity index (χ1) is 12.4. The van der Waals surface area contributed by atoms with E-state index >= 15 is 0 Å². The fourth-order valence-corrected chi connectivity index (χ4v) is 2.47. The molecule has 0 saturated heterocycles. The van der Waals surface area contributed by atoms with Gasteiger partial charge in [-0.3, -0.25) is 14.4 Å². The summed E-state index contributed by atoms with van der Waals surface area (Å²) in [7, 11) is 3.99. The third kappa shape index (κ3) is 5.61. The Morgan fingerprint density at radius 3 is 2.00 bits per heavy atom. The SMILES string of the molecule is COC(=O)C(C/C=C\COC(C)=O)(Cc1ccc(OC)cc1)C(=O)OC. The van der Waals surface area contributed by atoms with E-state index in [9.17, 15) is 14.4 Å². The van der Waals surface area contributed by atoms with Gasteiger partial charge in [0.15, 0.2) is 5.41 Å². The first-order valence-corrected chi connectivity index (χ1v) is 7.97. The average Bonchev–Trinajstić information content (AvgIpc) is 2.65. The number of esters is 3. The normalized spacial score (nSPS) is 11.1. The van der Waals surface area contributed by atoms with Crippen LogP contribution in [-0.4, -0.2) is 45.8 Å². The minimum atomic E-state index is -1.54. The maximum atomic E-state index is 12.5. The van der Waals surface area contributed by atoms with Crippen LogP contribution in [0.1, 0.15) is 18.9 Å². The fourth-order valence-electron chi connectivity index (χ4n) is 2.47. The minimum absolute atomic E-state index is 0.0413. The zero-order valence-electron chi connectivity index (χ0n) is 15.4. The standard InChI is InChI=1S/C19H24O7/c1-14(20)26-12-6-5-11-19(17(21)24-3,18(22)25-4)13-15-7-9-16(23-2)10-8-15/h5-10H,11-13H2,1-4H3/b6-5-. The molecule has 1 aromatic carbocycles. The van der Waals surface area contributed by atoms with E-state index in [-0.39, 0.29) is 19.4 Å². The van der Waals surface area contributed by atoms with E-state index in [4.69, 9.17) is 18.9 Å². The number of benzene rings is 1. The lowest BCUT2D eigenvalue weighted by atomic mass is 9.78. The Bertz CT molecular complexity index is 630. The Morgan fingerprint density at radius 2 is 1.54 bits per heavy atom. The summed E-state index contributed by atoms with van der Waals surface area (Å²) in [5, 5.41) is 0. The zero-order valence-corrected chi connectivity index (χ0v) is 15.4. The maximum absolute atomic E-state index is 12.5. The molecule has 0 N–H and O–H groups in total. The number of rotatable bonds is 9. The van der Waals surface area contributed by atoms with Crippen molar-refractivity contribution in [2.24, 2.45) is 5.41 Å². The summed E-state index contributed by atoms with van der Waals surface area (Å²) in [5.41, 5.74) is -0.792. The summed E-state index contributed by atoms with van der Waals surface area (Å²) in [5.74, 6) is -1.15. The second kappa shape index (κ2) is 10.2. The van der Waals surface area contributed by atoms with Crippen LogP contribution in [0.3, 0.4) is 0 Å². The summed E-state index contributed by atoms with van der Waals surface area (Å²) in [6.45, 7) is 1.35. The second-order valence-electron chi connectivity index (χ2n) is 5.57. The van der Waals surface area contributed by atoms with Crippen LogP contribution in [0.25, 0.3) is 0 Å². The third-order valence-electron chi connectivity index (χ3n) is 3.83. The van der Waals surface area contributed by atoms with Gasteiger partial charge in [0.05, 0.1) is 21.3 Å². The molecule has 0 saturated carbocycles. The summed E-state index contributed by atoms with van der Waals surface area (Å²) in [6, 6.07) is 7.01. The number of hydrogen-bond acceptors (Lipinski definition) is 7. The van der Waals surface area contributed by atoms with Crippen LogP contribution < -0.4 is 4.74 Å². The lowest BCUT2D eigenvalue weighted by molar-refractivity contribution is -0.169. The van der Waals surface area contributed by atoms with Crippen LogP contribution in [0, 0.1) is 5.41 Å². The molecule has 0 atom stereocenters. The van der Waals surface area contributed by atoms with Gasteiger partial charge < -0.3 is 18.9 Å². The molecule has 0 spiro atoms. The molecular formula is C19H24O7. The van der Waals surface area contributed by atoms with Gasteiger partial charge >= 0.3 is 17.9 Å². The van der Waals surface area contributed by atoms with E-state index in [2.05, 4.69) is 0 Å². The monoisotopic (exact) mass is 364 g/mol. The van der Waals surface area contributed by atoms with Gasteiger partial charge in [0.1, 0.15) is 12.4 Å². The van der Waals surface area contributed by atoms with E-state index in [1.54, 1.807) is 43.5 Å². The number of carbonyl (C=O) groups excluding carboxylic acids is 3. The highest BCUT2D eigenvalue weighted by Gasteiger charge is 2.47. The van der Waals surface area contributed by atoms with E-state index in [0.29, 0.717) is 5.75 Å². The molecule has 142 valence electrons. The van der Waals surface area contributed by atoms with Gasteiger partial charge in [-0.25, -0.2) is 0 Å². The molecule has 26 heavy (non-hydrogen) atoms. The Labute approximate surface area is 152 Å². The molecule has 1 rings (SSSR count). The molecule has 0 aromatic heterocycles. The summed E-state index contributed by atoms with van der Waals surface area (Å²) < 4.78 is 19.6. The first kappa shape index (κ1) is 21.2. The maximum Gasteiger partial charge on any atom is 0.323 e. The molecule has 0 aliphatic heterocycles. The number of ether oxygens (including phenoxy) is 4. The van der Waals surface area contributed by atoms with Crippen molar-refractivity contribution in [2.45, 2.75) is 19.8 Å². The highest BCUT2D eigenvalue weighted by Crippen LogP contribution is 2.32. The quantitative estimate of drug-likeness (QED) is 0.287. The largest absolute Gasteiger partial charge is 0.497 e. The second-order valence-corrected chi connectivity index (χ2v) is 5.57. The molecule has 0 fully saturated rings. The van der Waals surface area contributed by atoms with Crippen LogP contribution in [-0.2, 0) is 35.0 Å². The first-order valence-electron chi connectivity index (χ1n) is 7.97. The zero-order chi connectivity index (χ0) is 19.6. The van der Waals surface area contributed by atoms with Gasteiger partial charge in [0, 0.05) is 6.92 Å². The predicted molar refractivity (Wildman–Crippen MR) is 93.6 cm³/mol. The highest BCUT2D eigenvalue weighted by atomic mass is 16.5. The topological polar surface area (TPSA) is 88.1 Å². The molecule has 7 heteroatoms. The van der Waals surface area contributed by atoms with Gasteiger partial charge in [-0.1, -0.05) is 24.3 Å². The van der Waals surface area contributed by atoms with Crippen LogP contribution in [0.2, 0.25) is 0 Å². The summed E-state index contributed by atoms with van der Waals surface area (Å²) in [4.78, 5) is 35.7. The van der Waals surface area contributed by atoms with Crippen molar-refractivity contribution in [3.63, 3.8) is 0 Å². The van der Waals surface area contributed by atoms with Crippen molar-refractivity contribution in [2.75, 3.05) is 27.9 Å². The summed E-state index contributed by atoms with van der Waals surface area (Å²) >= 11 is 0. The van der Waals surface area contributed by atoms with E-state index in [0.717, 1.165) is 5.56 Å². The Morgan fingerprint density at radius 1 is 0.962 bits per heavy atom. The summed E-state index contributed by atoms with van der Waals surface area (Å²) in [6.07, 6.45) is 3.30. The molecule has 0 aliphatic carbocycles.